The number of thiophene rings is 1. The molecule has 0 radical (unpaired) electrons. The van der Waals surface area contributed by atoms with Gasteiger partial charge < -0.3 is 14.6 Å². The molecule has 1 aromatic carbocycles. The number of hydrogen-bond acceptors (Lipinski definition) is 4. The van der Waals surface area contributed by atoms with E-state index in [0.717, 1.165) is 17.7 Å². The van der Waals surface area contributed by atoms with Crippen LogP contribution in [0.3, 0.4) is 0 Å². The lowest BCUT2D eigenvalue weighted by molar-refractivity contribution is 0.163. The molecule has 0 saturated carbocycles. The van der Waals surface area contributed by atoms with Gasteiger partial charge in [0, 0.05) is 10.4 Å². The Morgan fingerprint density at radius 1 is 1.21 bits per heavy atom. The van der Waals surface area contributed by atoms with Gasteiger partial charge in [-0.25, -0.2) is 0 Å². The molecule has 1 unspecified atom stereocenters. The summed E-state index contributed by atoms with van der Waals surface area (Å²) in [5.74, 6) is 1.42. The van der Waals surface area contributed by atoms with Crippen molar-refractivity contribution < 1.29 is 14.6 Å². The van der Waals surface area contributed by atoms with Crippen LogP contribution in [0.4, 0.5) is 0 Å². The van der Waals surface area contributed by atoms with E-state index in [2.05, 4.69) is 6.07 Å². The molecule has 0 aliphatic carbocycles. The normalized spacial score (nSPS) is 12.2. The van der Waals surface area contributed by atoms with Gasteiger partial charge in [-0.15, -0.1) is 11.3 Å². The van der Waals surface area contributed by atoms with E-state index in [1.807, 2.05) is 29.6 Å². The summed E-state index contributed by atoms with van der Waals surface area (Å²) in [5.41, 5.74) is 0.776. The van der Waals surface area contributed by atoms with Gasteiger partial charge in [-0.05, 0) is 42.5 Å². The van der Waals surface area contributed by atoms with Gasteiger partial charge in [0.15, 0.2) is 0 Å². The molecule has 2 aromatic rings. The van der Waals surface area contributed by atoms with Gasteiger partial charge in [0.05, 0.1) is 20.3 Å². The van der Waals surface area contributed by atoms with Crippen molar-refractivity contribution in [1.82, 2.24) is 0 Å². The van der Waals surface area contributed by atoms with Crippen molar-refractivity contribution in [3.8, 4) is 11.5 Å². The number of benzene rings is 1. The van der Waals surface area contributed by atoms with Crippen LogP contribution in [0, 0.1) is 0 Å². The number of aryl methyl sites for hydroxylation is 1. The highest BCUT2D eigenvalue weighted by Gasteiger charge is 2.14. The van der Waals surface area contributed by atoms with Crippen molar-refractivity contribution in [2.75, 3.05) is 14.2 Å². The van der Waals surface area contributed by atoms with E-state index < -0.39 is 6.10 Å². The lowest BCUT2D eigenvalue weighted by atomic mass is 10.0. The predicted octanol–water partition coefficient (Wildman–Crippen LogP) is 3.43. The first-order valence-corrected chi connectivity index (χ1v) is 7.05. The Morgan fingerprint density at radius 2 is 2.05 bits per heavy atom. The molecule has 19 heavy (non-hydrogen) atoms. The summed E-state index contributed by atoms with van der Waals surface area (Å²) < 4.78 is 10.5. The molecule has 0 spiro atoms. The second kappa shape index (κ2) is 6.59. The van der Waals surface area contributed by atoms with Crippen molar-refractivity contribution in [3.05, 3.63) is 46.2 Å². The summed E-state index contributed by atoms with van der Waals surface area (Å²) in [7, 11) is 3.22. The zero-order valence-corrected chi connectivity index (χ0v) is 11.9. The second-order valence-corrected chi connectivity index (χ2v) is 5.27. The van der Waals surface area contributed by atoms with Crippen molar-refractivity contribution in [2.24, 2.45) is 0 Å². The Balaban J connectivity index is 2.10. The van der Waals surface area contributed by atoms with Crippen LogP contribution < -0.4 is 9.47 Å². The fourth-order valence-corrected chi connectivity index (χ4v) is 2.71. The topological polar surface area (TPSA) is 38.7 Å². The standard InChI is InChI=1S/C15H18O3S/c1-17-11-5-8-15(18-2)13(10-11)14(16)7-6-12-4-3-9-19-12/h3-5,8-10,14,16H,6-7H2,1-2H3. The van der Waals surface area contributed by atoms with Crippen LogP contribution in [0.15, 0.2) is 35.7 Å². The van der Waals surface area contributed by atoms with E-state index in [0.29, 0.717) is 12.2 Å². The molecule has 2 rings (SSSR count). The van der Waals surface area contributed by atoms with Gasteiger partial charge in [-0.2, -0.15) is 0 Å². The lowest BCUT2D eigenvalue weighted by Gasteiger charge is -2.15. The molecule has 1 atom stereocenters. The fourth-order valence-electron chi connectivity index (χ4n) is 1.99. The number of methoxy groups -OCH3 is 2. The van der Waals surface area contributed by atoms with E-state index >= 15 is 0 Å². The van der Waals surface area contributed by atoms with Crippen LogP contribution in [0.5, 0.6) is 11.5 Å². The van der Waals surface area contributed by atoms with E-state index in [1.165, 1.54) is 4.88 Å². The van der Waals surface area contributed by atoms with Crippen molar-refractivity contribution >= 4 is 11.3 Å². The minimum atomic E-state index is -0.549. The molecule has 4 heteroatoms. The van der Waals surface area contributed by atoms with Crippen LogP contribution in [0.25, 0.3) is 0 Å². The van der Waals surface area contributed by atoms with E-state index in [9.17, 15) is 5.11 Å². The molecular weight excluding hydrogens is 260 g/mol. The van der Waals surface area contributed by atoms with E-state index in [-0.39, 0.29) is 0 Å². The molecule has 0 fully saturated rings. The Morgan fingerprint density at radius 3 is 2.68 bits per heavy atom. The number of hydrogen-bond donors (Lipinski definition) is 1. The Kier molecular flexibility index (Phi) is 4.82. The Bertz CT molecular complexity index is 508. The number of ether oxygens (including phenoxy) is 2. The highest BCUT2D eigenvalue weighted by Crippen LogP contribution is 2.31. The van der Waals surface area contributed by atoms with Crippen LogP contribution >= 0.6 is 11.3 Å². The first-order chi connectivity index (χ1) is 9.24. The molecule has 0 amide bonds. The molecule has 0 saturated heterocycles. The summed E-state index contributed by atoms with van der Waals surface area (Å²) >= 11 is 1.71. The molecule has 1 heterocycles. The molecule has 0 aliphatic rings. The average molecular weight is 278 g/mol. The van der Waals surface area contributed by atoms with Crippen LogP contribution in [0.2, 0.25) is 0 Å². The minimum absolute atomic E-state index is 0.549. The predicted molar refractivity (Wildman–Crippen MR) is 77.1 cm³/mol. The van der Waals surface area contributed by atoms with Crippen LogP contribution in [-0.4, -0.2) is 19.3 Å². The first kappa shape index (κ1) is 13.9. The van der Waals surface area contributed by atoms with Gasteiger partial charge in [0.1, 0.15) is 11.5 Å². The van der Waals surface area contributed by atoms with Crippen molar-refractivity contribution in [1.29, 1.82) is 0 Å². The zero-order chi connectivity index (χ0) is 13.7. The van der Waals surface area contributed by atoms with Gasteiger partial charge in [0.25, 0.3) is 0 Å². The number of aliphatic hydroxyl groups excluding tert-OH is 1. The average Bonchev–Trinajstić information content (AvgIpc) is 2.97. The maximum absolute atomic E-state index is 10.3. The largest absolute Gasteiger partial charge is 0.497 e. The van der Waals surface area contributed by atoms with Gasteiger partial charge in [0.2, 0.25) is 0 Å². The molecule has 102 valence electrons. The molecule has 1 N–H and O–H groups in total. The quantitative estimate of drug-likeness (QED) is 0.879. The third-order valence-electron chi connectivity index (χ3n) is 3.04. The summed E-state index contributed by atoms with van der Waals surface area (Å²) in [6, 6.07) is 9.59. The maximum Gasteiger partial charge on any atom is 0.124 e. The van der Waals surface area contributed by atoms with Gasteiger partial charge >= 0.3 is 0 Å². The Hall–Kier alpha value is -1.52. The maximum atomic E-state index is 10.3. The van der Waals surface area contributed by atoms with Gasteiger partial charge in [-0.1, -0.05) is 6.07 Å². The van der Waals surface area contributed by atoms with Crippen molar-refractivity contribution in [3.63, 3.8) is 0 Å². The first-order valence-electron chi connectivity index (χ1n) is 6.17. The number of rotatable bonds is 6. The second-order valence-electron chi connectivity index (χ2n) is 4.24. The van der Waals surface area contributed by atoms with Crippen LogP contribution in [0.1, 0.15) is 23.0 Å². The highest BCUT2D eigenvalue weighted by atomic mass is 32.1. The van der Waals surface area contributed by atoms with E-state index in [4.69, 9.17) is 9.47 Å². The lowest BCUT2D eigenvalue weighted by Crippen LogP contribution is -2.02. The summed E-state index contributed by atoms with van der Waals surface area (Å²) in [4.78, 5) is 1.28. The number of aliphatic hydroxyl groups is 1. The Labute approximate surface area is 117 Å². The third kappa shape index (κ3) is 3.49. The minimum Gasteiger partial charge on any atom is -0.497 e. The molecule has 1 aromatic heterocycles. The monoisotopic (exact) mass is 278 g/mol. The highest BCUT2D eigenvalue weighted by molar-refractivity contribution is 7.09. The van der Waals surface area contributed by atoms with E-state index in [1.54, 1.807) is 25.6 Å². The third-order valence-corrected chi connectivity index (χ3v) is 3.98. The smallest absolute Gasteiger partial charge is 0.124 e. The SMILES string of the molecule is COc1ccc(OC)c(C(O)CCc2cccs2)c1. The summed E-state index contributed by atoms with van der Waals surface area (Å²) in [5, 5.41) is 12.4. The van der Waals surface area contributed by atoms with Gasteiger partial charge in [-0.3, -0.25) is 0 Å². The fraction of sp³-hybridized carbons (Fsp3) is 0.333. The molecule has 0 aliphatic heterocycles. The molecule has 0 bridgehead atoms. The van der Waals surface area contributed by atoms with Crippen molar-refractivity contribution in [2.45, 2.75) is 18.9 Å². The van der Waals surface area contributed by atoms with Crippen LogP contribution in [-0.2, 0) is 6.42 Å². The molecule has 3 nitrogen and oxygen atoms in total. The summed E-state index contributed by atoms with van der Waals surface area (Å²) in [6.45, 7) is 0. The molecular formula is C15H18O3S. The zero-order valence-electron chi connectivity index (χ0n) is 11.1. The summed E-state index contributed by atoms with van der Waals surface area (Å²) in [6.07, 6.45) is 0.982.